The average molecular weight is 456 g/mol. The van der Waals surface area contributed by atoms with E-state index in [1.165, 1.54) is 17.2 Å². The van der Waals surface area contributed by atoms with Crippen LogP contribution < -0.4 is 0 Å². The Morgan fingerprint density at radius 3 is 2.03 bits per heavy atom. The van der Waals surface area contributed by atoms with Gasteiger partial charge in [0.05, 0.1) is 0 Å². The van der Waals surface area contributed by atoms with Crippen molar-refractivity contribution in [3.8, 4) is 11.1 Å². The van der Waals surface area contributed by atoms with Crippen molar-refractivity contribution in [1.29, 1.82) is 0 Å². The second kappa shape index (κ2) is 9.21. The summed E-state index contributed by atoms with van der Waals surface area (Å²) in [5, 5.41) is 0.662. The maximum atomic E-state index is 14.6. The van der Waals surface area contributed by atoms with Crippen molar-refractivity contribution >= 4 is 17.5 Å². The first-order valence-electron chi connectivity index (χ1n) is 11.1. The zero-order valence-electron chi connectivity index (χ0n) is 18.0. The van der Waals surface area contributed by atoms with Crippen LogP contribution in [0.1, 0.15) is 27.0 Å². The number of halogens is 2. The summed E-state index contributed by atoms with van der Waals surface area (Å²) in [5.74, 6) is -0.433. The maximum Gasteiger partial charge on any atom is 0.255 e. The van der Waals surface area contributed by atoms with Gasteiger partial charge in [-0.05, 0) is 59.4 Å². The molecular formula is C29H23ClFNO. The molecule has 5 rings (SSSR count). The monoisotopic (exact) mass is 455 g/mol. The van der Waals surface area contributed by atoms with Gasteiger partial charge in [-0.2, -0.15) is 0 Å². The van der Waals surface area contributed by atoms with Gasteiger partial charge in [0, 0.05) is 28.7 Å². The van der Waals surface area contributed by atoms with Crippen LogP contribution in [-0.4, -0.2) is 16.8 Å². The molecule has 1 amide bonds. The SMILES string of the molecule is O=C(c1ccccc1-c1ccccc1F)N(Cc1ccc(Cl)cc1)C1Cc2ccccc2C1. The smallest absolute Gasteiger partial charge is 0.255 e. The Labute approximate surface area is 198 Å². The highest BCUT2D eigenvalue weighted by molar-refractivity contribution is 6.30. The highest BCUT2D eigenvalue weighted by Crippen LogP contribution is 2.31. The van der Waals surface area contributed by atoms with E-state index in [1.54, 1.807) is 24.3 Å². The third kappa shape index (κ3) is 4.42. The van der Waals surface area contributed by atoms with Gasteiger partial charge in [-0.15, -0.1) is 0 Å². The highest BCUT2D eigenvalue weighted by Gasteiger charge is 2.31. The summed E-state index contributed by atoms with van der Waals surface area (Å²) in [6.07, 6.45) is 1.61. The maximum absolute atomic E-state index is 14.6. The van der Waals surface area contributed by atoms with E-state index in [-0.39, 0.29) is 17.8 Å². The van der Waals surface area contributed by atoms with Crippen molar-refractivity contribution in [2.24, 2.45) is 0 Å². The molecule has 0 bridgehead atoms. The van der Waals surface area contributed by atoms with E-state index >= 15 is 0 Å². The first-order valence-corrected chi connectivity index (χ1v) is 11.4. The zero-order valence-corrected chi connectivity index (χ0v) is 18.8. The van der Waals surface area contributed by atoms with Crippen LogP contribution >= 0.6 is 11.6 Å². The molecule has 0 aromatic heterocycles. The number of hydrogen-bond donors (Lipinski definition) is 0. The Morgan fingerprint density at radius 2 is 1.36 bits per heavy atom. The Bertz CT molecular complexity index is 1280. The molecule has 0 spiro atoms. The highest BCUT2D eigenvalue weighted by atomic mass is 35.5. The average Bonchev–Trinajstić information content (AvgIpc) is 3.28. The van der Waals surface area contributed by atoms with E-state index in [4.69, 9.17) is 11.6 Å². The van der Waals surface area contributed by atoms with Crippen molar-refractivity contribution in [3.63, 3.8) is 0 Å². The number of nitrogens with zero attached hydrogens (tertiary/aromatic N) is 1. The van der Waals surface area contributed by atoms with Gasteiger partial charge in [0.15, 0.2) is 0 Å². The predicted octanol–water partition coefficient (Wildman–Crippen LogP) is 6.96. The van der Waals surface area contributed by atoms with E-state index in [9.17, 15) is 9.18 Å². The number of carbonyl (C=O) groups is 1. The number of hydrogen-bond acceptors (Lipinski definition) is 1. The normalized spacial score (nSPS) is 13.0. The first kappa shape index (κ1) is 21.4. The summed E-state index contributed by atoms with van der Waals surface area (Å²) < 4.78 is 14.6. The summed E-state index contributed by atoms with van der Waals surface area (Å²) in [4.78, 5) is 16.0. The van der Waals surface area contributed by atoms with Crippen molar-refractivity contribution < 1.29 is 9.18 Å². The van der Waals surface area contributed by atoms with Gasteiger partial charge in [0.25, 0.3) is 5.91 Å². The summed E-state index contributed by atoms with van der Waals surface area (Å²) in [5.41, 5.74) is 5.11. The lowest BCUT2D eigenvalue weighted by atomic mass is 9.97. The Balaban J connectivity index is 1.54. The van der Waals surface area contributed by atoms with Gasteiger partial charge in [-0.1, -0.05) is 84.4 Å². The topological polar surface area (TPSA) is 20.3 Å². The van der Waals surface area contributed by atoms with Crippen LogP contribution in [-0.2, 0) is 19.4 Å². The van der Waals surface area contributed by atoms with Crippen molar-refractivity contribution in [1.82, 2.24) is 4.90 Å². The molecule has 2 nitrogen and oxygen atoms in total. The fraction of sp³-hybridized carbons (Fsp3) is 0.138. The second-order valence-corrected chi connectivity index (χ2v) is 8.85. The molecule has 164 valence electrons. The van der Waals surface area contributed by atoms with Crippen LogP contribution in [0.15, 0.2) is 97.1 Å². The standard InChI is InChI=1S/C29H23ClFNO/c30-23-15-13-20(14-16-23)19-32(24-17-21-7-1-2-8-22(21)18-24)29(33)27-11-4-3-9-25(27)26-10-5-6-12-28(26)31/h1-16,24H,17-19H2. The van der Waals surface area contributed by atoms with Gasteiger partial charge in [0.2, 0.25) is 0 Å². The van der Waals surface area contributed by atoms with E-state index in [0.717, 1.165) is 18.4 Å². The third-order valence-electron chi connectivity index (χ3n) is 6.32. The Kier molecular flexibility index (Phi) is 5.97. The van der Waals surface area contributed by atoms with Crippen molar-refractivity contribution in [2.45, 2.75) is 25.4 Å². The number of carbonyl (C=O) groups excluding carboxylic acids is 1. The summed E-state index contributed by atoms with van der Waals surface area (Å²) in [6.45, 7) is 0.459. The Hall–Kier alpha value is -3.43. The molecule has 33 heavy (non-hydrogen) atoms. The lowest BCUT2D eigenvalue weighted by molar-refractivity contribution is 0.0668. The molecule has 0 saturated carbocycles. The van der Waals surface area contributed by atoms with E-state index < -0.39 is 0 Å². The zero-order chi connectivity index (χ0) is 22.8. The molecule has 0 atom stereocenters. The Morgan fingerprint density at radius 1 is 0.788 bits per heavy atom. The quantitative estimate of drug-likeness (QED) is 0.318. The van der Waals surface area contributed by atoms with Crippen molar-refractivity contribution in [2.75, 3.05) is 0 Å². The molecule has 0 fully saturated rings. The third-order valence-corrected chi connectivity index (χ3v) is 6.57. The van der Waals surface area contributed by atoms with E-state index in [0.29, 0.717) is 28.3 Å². The first-order chi connectivity index (χ1) is 16.1. The van der Waals surface area contributed by atoms with Crippen LogP contribution in [0.3, 0.4) is 0 Å². The fourth-order valence-electron chi connectivity index (χ4n) is 4.65. The summed E-state index contributed by atoms with van der Waals surface area (Å²) in [7, 11) is 0. The van der Waals surface area contributed by atoms with Crippen molar-refractivity contribution in [3.05, 3.63) is 130 Å². The van der Waals surface area contributed by atoms with Crippen LogP contribution in [0.25, 0.3) is 11.1 Å². The number of benzene rings is 4. The van der Waals surface area contributed by atoms with Crippen LogP contribution in [0, 0.1) is 5.82 Å². The number of amides is 1. The van der Waals surface area contributed by atoms with E-state index in [1.807, 2.05) is 59.5 Å². The molecule has 1 aliphatic carbocycles. The number of fused-ring (bicyclic) bond motifs is 1. The molecule has 0 saturated heterocycles. The van der Waals surface area contributed by atoms with Crippen LogP contribution in [0.5, 0.6) is 0 Å². The molecule has 4 aromatic carbocycles. The van der Waals surface area contributed by atoms with Gasteiger partial charge in [-0.25, -0.2) is 4.39 Å². The second-order valence-electron chi connectivity index (χ2n) is 8.42. The molecule has 4 aromatic rings. The predicted molar refractivity (Wildman–Crippen MR) is 131 cm³/mol. The molecule has 1 aliphatic rings. The van der Waals surface area contributed by atoms with Gasteiger partial charge < -0.3 is 4.90 Å². The fourth-order valence-corrected chi connectivity index (χ4v) is 4.77. The molecule has 0 N–H and O–H groups in total. The van der Waals surface area contributed by atoms with Crippen LogP contribution in [0.2, 0.25) is 5.02 Å². The molecular weight excluding hydrogens is 433 g/mol. The van der Waals surface area contributed by atoms with E-state index in [2.05, 4.69) is 12.1 Å². The lowest BCUT2D eigenvalue weighted by Gasteiger charge is -2.30. The minimum Gasteiger partial charge on any atom is -0.331 e. The lowest BCUT2D eigenvalue weighted by Crippen LogP contribution is -2.40. The largest absolute Gasteiger partial charge is 0.331 e. The van der Waals surface area contributed by atoms with Crippen LogP contribution in [0.4, 0.5) is 4.39 Å². The number of rotatable bonds is 5. The summed E-state index contributed by atoms with van der Waals surface area (Å²) >= 11 is 6.08. The molecule has 0 aliphatic heterocycles. The molecule has 0 heterocycles. The molecule has 0 unspecified atom stereocenters. The van der Waals surface area contributed by atoms with Gasteiger partial charge >= 0.3 is 0 Å². The minimum absolute atomic E-state index is 0.0271. The molecule has 4 heteroatoms. The van der Waals surface area contributed by atoms with Gasteiger partial charge in [-0.3, -0.25) is 4.79 Å². The summed E-state index contributed by atoms with van der Waals surface area (Å²) in [6, 6.07) is 29.8. The van der Waals surface area contributed by atoms with Gasteiger partial charge in [0.1, 0.15) is 5.82 Å². The molecule has 0 radical (unpaired) electrons. The minimum atomic E-state index is -0.338.